The molecular weight excluding hydrogens is 338 g/mol. The molecule has 1 saturated heterocycles. The minimum absolute atomic E-state index is 0. The molecule has 0 unspecified atom stereocenters. The fraction of sp³-hybridized carbons (Fsp3) is 0.300. The van der Waals surface area contributed by atoms with Gasteiger partial charge in [0.15, 0.2) is 0 Å². The first-order valence-electron chi connectivity index (χ1n) is 4.68. The highest BCUT2D eigenvalue weighted by Crippen LogP contribution is 2.34. The third-order valence-electron chi connectivity index (χ3n) is 2.37. The van der Waals surface area contributed by atoms with Gasteiger partial charge in [-0.15, -0.1) is 12.4 Å². The molecule has 0 bridgehead atoms. The number of hydrogen-bond acceptors (Lipinski definition) is 2. The van der Waals surface area contributed by atoms with Crippen LogP contribution in [0.5, 0.6) is 0 Å². The highest BCUT2D eigenvalue weighted by molar-refractivity contribution is 9.10. The van der Waals surface area contributed by atoms with Crippen molar-refractivity contribution < 1.29 is 22.7 Å². The molecule has 1 N–H and O–H groups in total. The zero-order valence-electron chi connectivity index (χ0n) is 8.75. The fourth-order valence-corrected chi connectivity index (χ4v) is 2.06. The van der Waals surface area contributed by atoms with Gasteiger partial charge in [0.2, 0.25) is 0 Å². The average Bonchev–Trinajstić information content (AvgIpc) is 2.63. The number of nitrogens with one attached hydrogen (secondary N) is 1. The van der Waals surface area contributed by atoms with E-state index in [-0.39, 0.29) is 19.0 Å². The monoisotopic (exact) mass is 345 g/mol. The summed E-state index contributed by atoms with van der Waals surface area (Å²) >= 11 is 3.15. The lowest BCUT2D eigenvalue weighted by molar-refractivity contribution is -0.137. The summed E-state index contributed by atoms with van der Waals surface area (Å²) < 4.78 is 42.7. The minimum atomic E-state index is -4.40. The molecule has 1 aliphatic heterocycles. The van der Waals surface area contributed by atoms with Crippen molar-refractivity contribution in [1.29, 1.82) is 0 Å². The Morgan fingerprint density at radius 2 is 2.06 bits per heavy atom. The second-order valence-corrected chi connectivity index (χ2v) is 4.38. The van der Waals surface area contributed by atoms with E-state index < -0.39 is 23.9 Å². The SMILES string of the molecule is Cl.O=C1N[C@H](c2cc(C(F)(F)F)ccc2Br)CO1. The number of amides is 1. The van der Waals surface area contributed by atoms with Gasteiger partial charge in [0.1, 0.15) is 6.61 Å². The van der Waals surface area contributed by atoms with Crippen molar-refractivity contribution >= 4 is 34.4 Å². The highest BCUT2D eigenvalue weighted by Gasteiger charge is 2.33. The van der Waals surface area contributed by atoms with E-state index in [4.69, 9.17) is 0 Å². The van der Waals surface area contributed by atoms with E-state index in [0.29, 0.717) is 10.0 Å². The van der Waals surface area contributed by atoms with E-state index in [2.05, 4.69) is 26.0 Å². The molecule has 0 radical (unpaired) electrons. The van der Waals surface area contributed by atoms with Crippen molar-refractivity contribution in [2.45, 2.75) is 12.2 Å². The standard InChI is InChI=1S/C10H7BrF3NO2.ClH/c11-7-2-1-5(10(12,13)14)3-6(7)8-4-17-9(16)15-8;/h1-3,8H,4H2,(H,15,16);1H/t8-;/m0./s1. The Kier molecular flexibility index (Phi) is 4.50. The van der Waals surface area contributed by atoms with E-state index in [9.17, 15) is 18.0 Å². The van der Waals surface area contributed by atoms with E-state index in [1.807, 2.05) is 0 Å². The number of carbonyl (C=O) groups is 1. The van der Waals surface area contributed by atoms with Crippen molar-refractivity contribution in [3.8, 4) is 0 Å². The third-order valence-corrected chi connectivity index (χ3v) is 3.09. The van der Waals surface area contributed by atoms with Crippen molar-refractivity contribution in [2.75, 3.05) is 6.61 Å². The first-order valence-corrected chi connectivity index (χ1v) is 5.47. The van der Waals surface area contributed by atoms with Gasteiger partial charge in [-0.05, 0) is 23.8 Å². The number of rotatable bonds is 1. The van der Waals surface area contributed by atoms with Crippen LogP contribution in [0.2, 0.25) is 0 Å². The van der Waals surface area contributed by atoms with E-state index in [0.717, 1.165) is 12.1 Å². The van der Waals surface area contributed by atoms with Crippen molar-refractivity contribution in [2.24, 2.45) is 0 Å². The quantitative estimate of drug-likeness (QED) is 0.842. The second-order valence-electron chi connectivity index (χ2n) is 3.53. The molecule has 100 valence electrons. The summed E-state index contributed by atoms with van der Waals surface area (Å²) in [5, 5.41) is 2.43. The Morgan fingerprint density at radius 1 is 1.39 bits per heavy atom. The van der Waals surface area contributed by atoms with Crippen LogP contribution in [0.3, 0.4) is 0 Å². The van der Waals surface area contributed by atoms with E-state index in [1.165, 1.54) is 6.07 Å². The minimum Gasteiger partial charge on any atom is -0.447 e. The summed E-state index contributed by atoms with van der Waals surface area (Å²) in [4.78, 5) is 10.8. The predicted molar refractivity (Wildman–Crippen MR) is 63.6 cm³/mol. The first kappa shape index (κ1) is 15.1. The topological polar surface area (TPSA) is 38.3 Å². The first-order chi connectivity index (χ1) is 7.88. The fourth-order valence-electron chi connectivity index (χ4n) is 1.54. The molecule has 0 spiro atoms. The molecule has 0 saturated carbocycles. The second kappa shape index (κ2) is 5.36. The Morgan fingerprint density at radius 3 is 2.56 bits per heavy atom. The Hall–Kier alpha value is -0.950. The number of ether oxygens (including phenoxy) is 1. The number of carbonyl (C=O) groups excluding carboxylic acids is 1. The molecule has 1 atom stereocenters. The largest absolute Gasteiger partial charge is 0.447 e. The van der Waals surface area contributed by atoms with Gasteiger partial charge in [-0.3, -0.25) is 0 Å². The van der Waals surface area contributed by atoms with E-state index >= 15 is 0 Å². The normalized spacial score (nSPS) is 18.9. The smallest absolute Gasteiger partial charge is 0.416 e. The van der Waals surface area contributed by atoms with Gasteiger partial charge in [0.25, 0.3) is 0 Å². The van der Waals surface area contributed by atoms with Gasteiger partial charge >= 0.3 is 12.3 Å². The maximum Gasteiger partial charge on any atom is 0.416 e. The summed E-state index contributed by atoms with van der Waals surface area (Å²) in [5.41, 5.74) is -0.400. The van der Waals surface area contributed by atoms with Crippen LogP contribution in [0.25, 0.3) is 0 Å². The zero-order valence-corrected chi connectivity index (χ0v) is 11.2. The van der Waals surface area contributed by atoms with Crippen LogP contribution in [0.4, 0.5) is 18.0 Å². The molecule has 18 heavy (non-hydrogen) atoms. The molecule has 8 heteroatoms. The zero-order chi connectivity index (χ0) is 12.6. The van der Waals surface area contributed by atoms with Crippen molar-refractivity contribution in [3.05, 3.63) is 33.8 Å². The van der Waals surface area contributed by atoms with Crippen molar-refractivity contribution in [1.82, 2.24) is 5.32 Å². The van der Waals surface area contributed by atoms with Crippen LogP contribution in [-0.4, -0.2) is 12.7 Å². The highest BCUT2D eigenvalue weighted by atomic mass is 79.9. The molecule has 1 aromatic rings. The Labute approximate surface area is 115 Å². The predicted octanol–water partition coefficient (Wildman–Crippen LogP) is 3.67. The van der Waals surface area contributed by atoms with Gasteiger partial charge in [0.05, 0.1) is 11.6 Å². The lowest BCUT2D eigenvalue weighted by Gasteiger charge is -2.13. The molecule has 1 fully saturated rings. The number of halogens is 5. The van der Waals surface area contributed by atoms with Gasteiger partial charge in [-0.1, -0.05) is 15.9 Å². The molecule has 1 aliphatic rings. The summed E-state index contributed by atoms with van der Waals surface area (Å²) in [7, 11) is 0. The molecule has 1 amide bonds. The summed E-state index contributed by atoms with van der Waals surface area (Å²) in [6.45, 7) is 0.0265. The molecule has 0 aliphatic carbocycles. The number of cyclic esters (lactones) is 1. The van der Waals surface area contributed by atoms with Crippen LogP contribution in [0.15, 0.2) is 22.7 Å². The number of benzene rings is 1. The van der Waals surface area contributed by atoms with E-state index in [1.54, 1.807) is 0 Å². The molecule has 3 nitrogen and oxygen atoms in total. The van der Waals surface area contributed by atoms with Gasteiger partial charge < -0.3 is 10.1 Å². The number of alkyl halides is 3. The van der Waals surface area contributed by atoms with Gasteiger partial charge in [-0.2, -0.15) is 13.2 Å². The molecular formula is C10H8BrClF3NO2. The van der Waals surface area contributed by atoms with Crippen LogP contribution in [0.1, 0.15) is 17.2 Å². The number of alkyl carbamates (subject to hydrolysis) is 1. The lowest BCUT2D eigenvalue weighted by Crippen LogP contribution is -2.19. The molecule has 1 aromatic carbocycles. The Bertz CT molecular complexity index is 467. The van der Waals surface area contributed by atoms with Gasteiger partial charge in [0, 0.05) is 4.47 Å². The Balaban J connectivity index is 0.00000162. The molecule has 2 rings (SSSR count). The maximum absolute atomic E-state index is 12.5. The average molecular weight is 347 g/mol. The summed E-state index contributed by atoms with van der Waals surface area (Å²) in [5.74, 6) is 0. The van der Waals surface area contributed by atoms with Crippen LogP contribution in [0, 0.1) is 0 Å². The van der Waals surface area contributed by atoms with Crippen LogP contribution >= 0.6 is 28.3 Å². The summed E-state index contributed by atoms with van der Waals surface area (Å²) in [6.07, 6.45) is -5.03. The van der Waals surface area contributed by atoms with Crippen LogP contribution < -0.4 is 5.32 Å². The number of hydrogen-bond donors (Lipinski definition) is 1. The third kappa shape index (κ3) is 3.08. The van der Waals surface area contributed by atoms with Crippen LogP contribution in [-0.2, 0) is 10.9 Å². The van der Waals surface area contributed by atoms with Crippen molar-refractivity contribution in [3.63, 3.8) is 0 Å². The molecule has 1 heterocycles. The maximum atomic E-state index is 12.5. The molecule has 0 aromatic heterocycles. The van der Waals surface area contributed by atoms with Gasteiger partial charge in [-0.25, -0.2) is 4.79 Å². The lowest BCUT2D eigenvalue weighted by atomic mass is 10.0. The summed E-state index contributed by atoms with van der Waals surface area (Å²) in [6, 6.07) is 2.73.